The van der Waals surface area contributed by atoms with E-state index in [0.717, 1.165) is 35.9 Å². The summed E-state index contributed by atoms with van der Waals surface area (Å²) in [4.78, 5) is 13.4. The number of aryl methyl sites for hydroxylation is 1. The maximum Gasteiger partial charge on any atom is 0.142 e. The Morgan fingerprint density at radius 3 is 2.65 bits per heavy atom. The van der Waals surface area contributed by atoms with Crippen molar-refractivity contribution in [1.29, 1.82) is 0 Å². The zero-order chi connectivity index (χ0) is 21.2. The van der Waals surface area contributed by atoms with Crippen LogP contribution in [0.1, 0.15) is 40.8 Å². The SMILES string of the molecule is CN=C(NN1CCCCC1)c1ccc2c(c1)N=C(c1sccc1C)c1ccccc1S2. The number of benzene rings is 2. The molecule has 1 N–H and O–H groups in total. The van der Waals surface area contributed by atoms with E-state index >= 15 is 0 Å². The Balaban J connectivity index is 1.56. The average molecular weight is 447 g/mol. The second-order valence-electron chi connectivity index (χ2n) is 7.91. The van der Waals surface area contributed by atoms with Crippen molar-refractivity contribution >= 4 is 40.3 Å². The number of hydrogen-bond acceptors (Lipinski definition) is 5. The van der Waals surface area contributed by atoms with Gasteiger partial charge in [-0.25, -0.2) is 10.0 Å². The van der Waals surface area contributed by atoms with Crippen molar-refractivity contribution < 1.29 is 0 Å². The molecular formula is C25H26N4S2. The van der Waals surface area contributed by atoms with Gasteiger partial charge in [-0.3, -0.25) is 4.99 Å². The molecular weight excluding hydrogens is 420 g/mol. The van der Waals surface area contributed by atoms with Crippen LogP contribution in [0.15, 0.2) is 73.7 Å². The molecule has 0 saturated carbocycles. The van der Waals surface area contributed by atoms with E-state index in [-0.39, 0.29) is 0 Å². The van der Waals surface area contributed by atoms with Crippen molar-refractivity contribution in [2.45, 2.75) is 36.0 Å². The third-order valence-corrected chi connectivity index (χ3v) is 7.91. The smallest absolute Gasteiger partial charge is 0.142 e. The number of nitrogens with zero attached hydrogens (tertiary/aromatic N) is 3. The summed E-state index contributed by atoms with van der Waals surface area (Å²) in [5.74, 6) is 0.903. The number of amidine groups is 1. The number of rotatable bonds is 3. The molecule has 2 aromatic carbocycles. The van der Waals surface area contributed by atoms with Crippen LogP contribution in [0.4, 0.5) is 5.69 Å². The molecule has 6 heteroatoms. The molecule has 0 radical (unpaired) electrons. The van der Waals surface area contributed by atoms with Crippen LogP contribution in [-0.2, 0) is 0 Å². The highest BCUT2D eigenvalue weighted by atomic mass is 32.2. The van der Waals surface area contributed by atoms with Gasteiger partial charge in [0.2, 0.25) is 0 Å². The summed E-state index contributed by atoms with van der Waals surface area (Å²) in [6.07, 6.45) is 3.78. The highest BCUT2D eigenvalue weighted by molar-refractivity contribution is 7.99. The summed E-state index contributed by atoms with van der Waals surface area (Å²) in [5.41, 5.74) is 9.15. The minimum absolute atomic E-state index is 0.903. The van der Waals surface area contributed by atoms with E-state index in [4.69, 9.17) is 4.99 Å². The first kappa shape index (κ1) is 20.5. The van der Waals surface area contributed by atoms with Crippen molar-refractivity contribution in [3.63, 3.8) is 0 Å². The lowest BCUT2D eigenvalue weighted by molar-refractivity contribution is 0.194. The number of piperidine rings is 1. The molecule has 4 nitrogen and oxygen atoms in total. The van der Waals surface area contributed by atoms with Crippen molar-refractivity contribution in [1.82, 2.24) is 10.4 Å². The molecule has 0 spiro atoms. The van der Waals surface area contributed by atoms with Crippen LogP contribution in [-0.4, -0.2) is 36.7 Å². The Bertz CT molecular complexity index is 1160. The molecule has 1 aromatic heterocycles. The number of nitrogens with one attached hydrogen (secondary N) is 1. The molecule has 1 fully saturated rings. The first-order chi connectivity index (χ1) is 15.2. The quantitative estimate of drug-likeness (QED) is 0.307. The summed E-state index contributed by atoms with van der Waals surface area (Å²) in [7, 11) is 1.85. The van der Waals surface area contributed by atoms with Crippen molar-refractivity contribution in [3.05, 3.63) is 75.5 Å². The Morgan fingerprint density at radius 1 is 1.03 bits per heavy atom. The molecule has 2 aliphatic heterocycles. The van der Waals surface area contributed by atoms with Gasteiger partial charge in [-0.05, 0) is 61.0 Å². The Kier molecular flexibility index (Phi) is 5.94. The predicted octanol–water partition coefficient (Wildman–Crippen LogP) is 6.06. The molecule has 158 valence electrons. The molecule has 1 saturated heterocycles. The molecule has 0 amide bonds. The van der Waals surface area contributed by atoms with Crippen LogP contribution in [0.3, 0.4) is 0 Å². The lowest BCUT2D eigenvalue weighted by atomic mass is 10.1. The van der Waals surface area contributed by atoms with Gasteiger partial charge in [-0.15, -0.1) is 11.3 Å². The lowest BCUT2D eigenvalue weighted by Gasteiger charge is -2.28. The van der Waals surface area contributed by atoms with Crippen LogP contribution in [0, 0.1) is 6.92 Å². The zero-order valence-electron chi connectivity index (χ0n) is 17.9. The monoisotopic (exact) mass is 446 g/mol. The van der Waals surface area contributed by atoms with Gasteiger partial charge in [0.15, 0.2) is 0 Å². The number of hydrogen-bond donors (Lipinski definition) is 1. The Morgan fingerprint density at radius 2 is 1.87 bits per heavy atom. The van der Waals surface area contributed by atoms with Crippen LogP contribution < -0.4 is 5.43 Å². The van der Waals surface area contributed by atoms with E-state index in [9.17, 15) is 0 Å². The van der Waals surface area contributed by atoms with E-state index in [1.165, 1.54) is 45.1 Å². The highest BCUT2D eigenvalue weighted by Crippen LogP contribution is 2.42. The predicted molar refractivity (Wildman–Crippen MR) is 132 cm³/mol. The van der Waals surface area contributed by atoms with Gasteiger partial charge in [0.05, 0.1) is 16.3 Å². The molecule has 31 heavy (non-hydrogen) atoms. The third kappa shape index (κ3) is 4.20. The minimum Gasteiger partial charge on any atom is -0.303 e. The number of hydrazine groups is 1. The normalized spacial score (nSPS) is 16.8. The maximum atomic E-state index is 5.22. The van der Waals surface area contributed by atoms with E-state index in [1.54, 1.807) is 23.1 Å². The van der Waals surface area contributed by atoms with Gasteiger partial charge >= 0.3 is 0 Å². The highest BCUT2D eigenvalue weighted by Gasteiger charge is 2.21. The summed E-state index contributed by atoms with van der Waals surface area (Å²) in [6, 6.07) is 17.3. The molecule has 0 bridgehead atoms. The molecule has 0 aliphatic carbocycles. The Hall–Kier alpha value is -2.41. The maximum absolute atomic E-state index is 5.22. The third-order valence-electron chi connectivity index (χ3n) is 5.75. The largest absolute Gasteiger partial charge is 0.303 e. The molecule has 3 aromatic rings. The number of thiophene rings is 1. The molecule has 2 aliphatic rings. The van der Waals surface area contributed by atoms with Crippen molar-refractivity contribution in [3.8, 4) is 0 Å². The van der Waals surface area contributed by atoms with Gasteiger partial charge < -0.3 is 5.43 Å². The number of fused-ring (bicyclic) bond motifs is 2. The summed E-state index contributed by atoms with van der Waals surface area (Å²) >= 11 is 3.55. The molecule has 5 rings (SSSR count). The summed E-state index contributed by atoms with van der Waals surface area (Å²) in [6.45, 7) is 4.29. The van der Waals surface area contributed by atoms with E-state index < -0.39 is 0 Å². The van der Waals surface area contributed by atoms with E-state index in [2.05, 4.69) is 76.3 Å². The van der Waals surface area contributed by atoms with Crippen molar-refractivity contribution in [2.24, 2.45) is 9.98 Å². The van der Waals surface area contributed by atoms with Crippen LogP contribution in [0.25, 0.3) is 0 Å². The first-order valence-electron chi connectivity index (χ1n) is 10.8. The molecule has 3 heterocycles. The van der Waals surface area contributed by atoms with Crippen molar-refractivity contribution in [2.75, 3.05) is 20.1 Å². The second kappa shape index (κ2) is 8.99. The second-order valence-corrected chi connectivity index (χ2v) is 9.91. The van der Waals surface area contributed by atoms with Gasteiger partial charge in [-0.1, -0.05) is 36.4 Å². The van der Waals surface area contributed by atoms with Crippen LogP contribution in [0.5, 0.6) is 0 Å². The van der Waals surface area contributed by atoms with Gasteiger partial charge in [0, 0.05) is 41.1 Å². The molecule has 0 unspecified atom stereocenters. The lowest BCUT2D eigenvalue weighted by Crippen LogP contribution is -2.45. The molecule has 0 atom stereocenters. The Labute approximate surface area is 192 Å². The van der Waals surface area contributed by atoms with Crippen LogP contribution >= 0.6 is 23.1 Å². The first-order valence-corrected chi connectivity index (χ1v) is 12.5. The topological polar surface area (TPSA) is 40.0 Å². The van der Waals surface area contributed by atoms with Crippen LogP contribution in [0.2, 0.25) is 0 Å². The standard InChI is InChI=1S/C25H26N4S2/c1-17-12-15-30-24(17)23-19-8-4-5-9-21(19)31-22-11-10-18(16-20(22)27-23)25(26-2)28-29-13-6-3-7-14-29/h4-5,8-12,15-16H,3,6-7,13-14H2,1-2H3,(H,26,28). The number of aliphatic imine (C=N–C) groups is 2. The minimum atomic E-state index is 0.903. The van der Waals surface area contributed by atoms with Gasteiger partial charge in [0.1, 0.15) is 5.84 Å². The zero-order valence-corrected chi connectivity index (χ0v) is 19.5. The average Bonchev–Trinajstić information content (AvgIpc) is 3.16. The fourth-order valence-electron chi connectivity index (χ4n) is 4.08. The van der Waals surface area contributed by atoms with Gasteiger partial charge in [-0.2, -0.15) is 0 Å². The summed E-state index contributed by atoms with van der Waals surface area (Å²) in [5, 5.41) is 4.43. The fraction of sp³-hybridized carbons (Fsp3) is 0.280. The van der Waals surface area contributed by atoms with E-state index in [1.807, 2.05) is 7.05 Å². The fourth-order valence-corrected chi connectivity index (χ4v) is 6.01. The summed E-state index contributed by atoms with van der Waals surface area (Å²) < 4.78 is 0. The van der Waals surface area contributed by atoms with Gasteiger partial charge in [0.25, 0.3) is 0 Å². The van der Waals surface area contributed by atoms with E-state index in [0.29, 0.717) is 0 Å².